The smallest absolute Gasteiger partial charge is 0.309 e. The molecule has 35 heavy (non-hydrogen) atoms. The summed E-state index contributed by atoms with van der Waals surface area (Å²) in [5.41, 5.74) is -1.35. The zero-order chi connectivity index (χ0) is 26.1. The number of anilines is 1. The lowest BCUT2D eigenvalue weighted by molar-refractivity contribution is -0.137. The Kier molecular flexibility index (Phi) is 6.60. The number of alkyl halides is 3. The van der Waals surface area contributed by atoms with Crippen molar-refractivity contribution in [2.45, 2.75) is 24.0 Å². The quantitative estimate of drug-likeness (QED) is 0.450. The van der Waals surface area contributed by atoms with Gasteiger partial charge in [-0.05, 0) is 42.8 Å². The molecule has 0 bridgehead atoms. The number of urea groups is 1. The van der Waals surface area contributed by atoms with Crippen LogP contribution in [0.3, 0.4) is 0 Å². The van der Waals surface area contributed by atoms with Gasteiger partial charge in [0.2, 0.25) is 5.70 Å². The predicted molar refractivity (Wildman–Crippen MR) is 118 cm³/mol. The Balaban J connectivity index is 2.32. The molecule has 0 unspecified atom stereocenters. The van der Waals surface area contributed by atoms with Crippen molar-refractivity contribution in [2.75, 3.05) is 17.7 Å². The number of carbonyl (C=O) groups is 1. The van der Waals surface area contributed by atoms with Crippen molar-refractivity contribution in [1.82, 2.24) is 4.90 Å². The summed E-state index contributed by atoms with van der Waals surface area (Å²) in [6, 6.07) is 9.03. The van der Waals surface area contributed by atoms with E-state index in [1.807, 2.05) is 6.07 Å². The van der Waals surface area contributed by atoms with Crippen LogP contribution < -0.4 is 4.90 Å². The molecule has 1 aliphatic heterocycles. The van der Waals surface area contributed by atoms with Crippen molar-refractivity contribution >= 4 is 21.6 Å². The molecule has 0 aliphatic carbocycles. The van der Waals surface area contributed by atoms with E-state index in [-0.39, 0.29) is 33.1 Å². The van der Waals surface area contributed by atoms with Crippen molar-refractivity contribution in [3.05, 3.63) is 82.0 Å². The van der Waals surface area contributed by atoms with Crippen molar-refractivity contribution in [3.63, 3.8) is 0 Å². The van der Waals surface area contributed by atoms with Gasteiger partial charge in [-0.3, -0.25) is 4.90 Å². The van der Waals surface area contributed by atoms with Crippen molar-refractivity contribution in [3.8, 4) is 12.1 Å². The number of halogens is 3. The van der Waals surface area contributed by atoms with Crippen LogP contribution in [0.1, 0.15) is 29.7 Å². The lowest BCUT2D eigenvalue weighted by Crippen LogP contribution is -2.49. The van der Waals surface area contributed by atoms with Crippen LogP contribution in [0.5, 0.6) is 0 Å². The van der Waals surface area contributed by atoms with E-state index in [4.69, 9.17) is 6.57 Å². The Morgan fingerprint density at radius 3 is 2.40 bits per heavy atom. The van der Waals surface area contributed by atoms with Crippen LogP contribution in [0.25, 0.3) is 4.85 Å². The van der Waals surface area contributed by atoms with Crippen molar-refractivity contribution in [1.29, 1.82) is 10.5 Å². The summed E-state index contributed by atoms with van der Waals surface area (Å²) >= 11 is 0. The summed E-state index contributed by atoms with van der Waals surface area (Å²) in [4.78, 5) is 18.5. The maximum atomic E-state index is 13.5. The average molecular weight is 499 g/mol. The van der Waals surface area contributed by atoms with Crippen LogP contribution in [-0.2, 0) is 16.0 Å². The van der Waals surface area contributed by atoms with Gasteiger partial charge in [-0.15, -0.1) is 0 Å². The minimum atomic E-state index is -4.68. The van der Waals surface area contributed by atoms with Crippen LogP contribution in [0.2, 0.25) is 0 Å². The number of rotatable bonds is 4. The van der Waals surface area contributed by atoms with E-state index in [0.717, 1.165) is 40.3 Å². The molecule has 8 nitrogen and oxygen atoms in total. The first-order valence-electron chi connectivity index (χ1n) is 9.82. The number of allylic oxidation sites excluding steroid dienone is 1. The van der Waals surface area contributed by atoms with E-state index >= 15 is 0 Å². The van der Waals surface area contributed by atoms with E-state index in [9.17, 15) is 36.9 Å². The molecule has 1 heterocycles. The molecule has 1 aliphatic rings. The number of nitriles is 2. The molecule has 3 rings (SSSR count). The van der Waals surface area contributed by atoms with Gasteiger partial charge in [0.05, 0.1) is 40.8 Å². The van der Waals surface area contributed by atoms with Crippen LogP contribution in [0.4, 0.5) is 23.7 Å². The van der Waals surface area contributed by atoms with E-state index in [1.54, 1.807) is 6.07 Å². The Hall–Kier alpha value is -4.34. The summed E-state index contributed by atoms with van der Waals surface area (Å²) in [6.45, 7) is 8.50. The van der Waals surface area contributed by atoms with Crippen molar-refractivity contribution < 1.29 is 26.4 Å². The molecule has 0 N–H and O–H groups in total. The number of nitrogens with zero attached hydrogens (tertiary/aromatic N) is 5. The molecule has 2 aromatic carbocycles. The lowest BCUT2D eigenvalue weighted by Gasteiger charge is -2.41. The summed E-state index contributed by atoms with van der Waals surface area (Å²) in [6.07, 6.45) is -3.79. The fourth-order valence-corrected chi connectivity index (χ4v) is 4.76. The molecule has 2 amide bonds. The second-order valence-electron chi connectivity index (χ2n) is 7.57. The maximum absolute atomic E-state index is 13.5. The topological polar surface area (TPSA) is 110 Å². The Morgan fingerprint density at radius 1 is 1.17 bits per heavy atom. The number of carbonyl (C=O) groups excluding carboxylic acids is 1. The second kappa shape index (κ2) is 9.13. The molecule has 1 atom stereocenters. The number of amides is 2. The molecule has 0 radical (unpaired) electrons. The maximum Gasteiger partial charge on any atom is 0.416 e. The highest BCUT2D eigenvalue weighted by atomic mass is 32.2. The molecule has 0 spiro atoms. The second-order valence-corrected chi connectivity index (χ2v) is 9.56. The first-order valence-corrected chi connectivity index (χ1v) is 11.7. The van der Waals surface area contributed by atoms with Crippen LogP contribution in [-0.4, -0.2) is 32.1 Å². The minimum absolute atomic E-state index is 0.0101. The standard InChI is InChI=1S/C23H16F3N5O3S/c1-14-20(29-2)21(18-8-7-15(13-28)11-19(18)35(3,33)34)30(10-9-27)22(32)31(14)17-6-4-5-16(12-17)23(24,25)26/h4-8,11-12,21H,10H2,1,3H3/t21-/m1/s1. The van der Waals surface area contributed by atoms with Gasteiger partial charge in [0.25, 0.3) is 0 Å². The third-order valence-corrected chi connectivity index (χ3v) is 6.50. The van der Waals surface area contributed by atoms with E-state index in [1.165, 1.54) is 25.1 Å². The zero-order valence-electron chi connectivity index (χ0n) is 18.3. The monoisotopic (exact) mass is 499 g/mol. The summed E-state index contributed by atoms with van der Waals surface area (Å²) in [5.74, 6) is 0. The third kappa shape index (κ3) is 4.68. The fraction of sp³-hybridized carbons (Fsp3) is 0.217. The highest BCUT2D eigenvalue weighted by molar-refractivity contribution is 7.90. The highest BCUT2D eigenvalue weighted by Crippen LogP contribution is 2.42. The summed E-state index contributed by atoms with van der Waals surface area (Å²) < 4.78 is 64.9. The average Bonchev–Trinajstić information content (AvgIpc) is 2.79. The Bertz CT molecular complexity index is 1480. The zero-order valence-corrected chi connectivity index (χ0v) is 19.1. The van der Waals surface area contributed by atoms with Gasteiger partial charge in [0.15, 0.2) is 9.84 Å². The van der Waals surface area contributed by atoms with Gasteiger partial charge in [-0.1, -0.05) is 12.1 Å². The van der Waals surface area contributed by atoms with Gasteiger partial charge >= 0.3 is 12.2 Å². The molecular weight excluding hydrogens is 483 g/mol. The van der Waals surface area contributed by atoms with Gasteiger partial charge in [0, 0.05) is 17.6 Å². The SMILES string of the molecule is [C-]#[N+]C1=C(C)N(c2cccc(C(F)(F)F)c2)C(=O)N(CC#N)[C@@H]1c1ccc(C#N)cc1S(C)(=O)=O. The largest absolute Gasteiger partial charge is 0.416 e. The molecular formula is C23H16F3N5O3S. The van der Waals surface area contributed by atoms with E-state index in [2.05, 4.69) is 4.85 Å². The van der Waals surface area contributed by atoms with Crippen LogP contribution in [0.15, 0.2) is 58.8 Å². The molecule has 0 saturated heterocycles. The van der Waals surface area contributed by atoms with Crippen LogP contribution in [0, 0.1) is 29.2 Å². The number of hydrogen-bond acceptors (Lipinski definition) is 5. The number of hydrogen-bond donors (Lipinski definition) is 0. The van der Waals surface area contributed by atoms with Crippen molar-refractivity contribution in [2.24, 2.45) is 0 Å². The molecule has 0 saturated carbocycles. The third-order valence-electron chi connectivity index (χ3n) is 5.34. The Morgan fingerprint density at radius 2 is 1.86 bits per heavy atom. The highest BCUT2D eigenvalue weighted by Gasteiger charge is 2.42. The normalized spacial score (nSPS) is 16.5. The van der Waals surface area contributed by atoms with Gasteiger partial charge in [-0.25, -0.2) is 18.1 Å². The number of sulfone groups is 1. The lowest BCUT2D eigenvalue weighted by atomic mass is 9.97. The number of benzene rings is 2. The predicted octanol–water partition coefficient (Wildman–Crippen LogP) is 4.64. The van der Waals surface area contributed by atoms with Gasteiger partial charge in [0.1, 0.15) is 6.54 Å². The van der Waals surface area contributed by atoms with Gasteiger partial charge < -0.3 is 4.90 Å². The Labute approximate surface area is 199 Å². The summed E-state index contributed by atoms with van der Waals surface area (Å²) in [5, 5.41) is 18.6. The molecule has 0 fully saturated rings. The first kappa shape index (κ1) is 25.3. The van der Waals surface area contributed by atoms with E-state index < -0.39 is 40.2 Å². The van der Waals surface area contributed by atoms with Crippen LogP contribution >= 0.6 is 0 Å². The molecule has 0 aromatic heterocycles. The molecule has 2 aromatic rings. The summed E-state index contributed by atoms with van der Waals surface area (Å²) in [7, 11) is -3.94. The minimum Gasteiger partial charge on any atom is -0.309 e. The fourth-order valence-electron chi connectivity index (χ4n) is 3.81. The molecule has 12 heteroatoms. The van der Waals surface area contributed by atoms with Gasteiger partial charge in [-0.2, -0.15) is 23.7 Å². The van der Waals surface area contributed by atoms with E-state index in [0.29, 0.717) is 0 Å². The first-order chi connectivity index (χ1) is 16.3. The molecule has 178 valence electrons.